The molecule has 1 aliphatic rings. The van der Waals surface area contributed by atoms with Crippen molar-refractivity contribution >= 4 is 40.9 Å². The topological polar surface area (TPSA) is 115 Å². The Balaban J connectivity index is 1.06. The van der Waals surface area contributed by atoms with Crippen LogP contribution in [-0.2, 0) is 23.9 Å². The van der Waals surface area contributed by atoms with Gasteiger partial charge in [0.25, 0.3) is 0 Å². The Hall–Kier alpha value is -4.94. The monoisotopic (exact) mass is 742 g/mol. The van der Waals surface area contributed by atoms with Gasteiger partial charge >= 0.3 is 6.09 Å². The molecule has 0 bridgehead atoms. The maximum Gasteiger partial charge on any atom is 0.411 e. The number of nitrogens with zero attached hydrogens (tertiary/aromatic N) is 5. The van der Waals surface area contributed by atoms with Crippen molar-refractivity contribution in [1.82, 2.24) is 14.7 Å². The van der Waals surface area contributed by atoms with Gasteiger partial charge in [0.2, 0.25) is 17.7 Å². The van der Waals surface area contributed by atoms with Gasteiger partial charge in [-0.25, -0.2) is 4.79 Å². The SMILES string of the molecule is COCC(=O)N(C)CCC(=O)N(C)c1ccc(N(C)CCCCCC(=O)N(C)CCN2CCC(OC(=O)Nc3ccccc3-c3ccccc3)CC2)cc1. The molecule has 12 nitrogen and oxygen atoms in total. The Morgan fingerprint density at radius 3 is 2.06 bits per heavy atom. The molecule has 0 spiro atoms. The first-order valence-corrected chi connectivity index (χ1v) is 18.9. The van der Waals surface area contributed by atoms with Crippen LogP contribution in [0.15, 0.2) is 78.9 Å². The zero-order chi connectivity index (χ0) is 38.9. The van der Waals surface area contributed by atoms with Gasteiger partial charge in [0.05, 0.1) is 5.69 Å². The molecule has 3 aromatic carbocycles. The summed E-state index contributed by atoms with van der Waals surface area (Å²) < 4.78 is 10.6. The Kier molecular flexibility index (Phi) is 16.8. The summed E-state index contributed by atoms with van der Waals surface area (Å²) >= 11 is 0. The van der Waals surface area contributed by atoms with Crippen molar-refractivity contribution in [2.24, 2.45) is 0 Å². The molecular weight excluding hydrogens is 684 g/mol. The summed E-state index contributed by atoms with van der Waals surface area (Å²) in [5, 5.41) is 2.93. The number of anilines is 3. The molecule has 1 fully saturated rings. The van der Waals surface area contributed by atoms with Crippen molar-refractivity contribution in [3.05, 3.63) is 78.9 Å². The molecule has 0 saturated carbocycles. The smallest absolute Gasteiger partial charge is 0.411 e. The number of hydrogen-bond donors (Lipinski definition) is 1. The molecule has 0 atom stereocenters. The van der Waals surface area contributed by atoms with Gasteiger partial charge in [-0.15, -0.1) is 0 Å². The van der Waals surface area contributed by atoms with E-state index in [0.29, 0.717) is 19.5 Å². The van der Waals surface area contributed by atoms with Crippen LogP contribution in [0.1, 0.15) is 44.9 Å². The lowest BCUT2D eigenvalue weighted by atomic mass is 10.0. The number of piperidine rings is 1. The Morgan fingerprint density at radius 2 is 1.35 bits per heavy atom. The molecule has 3 aromatic rings. The summed E-state index contributed by atoms with van der Waals surface area (Å²) in [7, 11) is 8.80. The average molecular weight is 743 g/mol. The number of unbranched alkanes of at least 4 members (excludes halogenated alkanes) is 2. The van der Waals surface area contributed by atoms with E-state index >= 15 is 0 Å². The van der Waals surface area contributed by atoms with Crippen LogP contribution in [0.2, 0.25) is 0 Å². The number of benzene rings is 3. The number of nitrogens with one attached hydrogen (secondary N) is 1. The summed E-state index contributed by atoms with van der Waals surface area (Å²) in [6.07, 6.45) is 4.49. The van der Waals surface area contributed by atoms with Crippen molar-refractivity contribution in [2.75, 3.05) is 96.3 Å². The quantitative estimate of drug-likeness (QED) is 0.149. The Labute approximate surface area is 321 Å². The second-order valence-corrected chi connectivity index (χ2v) is 14.0. The first-order chi connectivity index (χ1) is 26.0. The van der Waals surface area contributed by atoms with Crippen molar-refractivity contribution in [1.29, 1.82) is 0 Å². The predicted molar refractivity (Wildman–Crippen MR) is 215 cm³/mol. The van der Waals surface area contributed by atoms with E-state index in [1.807, 2.05) is 97.9 Å². The number of rotatable bonds is 19. The largest absolute Gasteiger partial charge is 0.446 e. The molecular formula is C42H58N6O6. The van der Waals surface area contributed by atoms with E-state index in [1.54, 1.807) is 19.0 Å². The minimum Gasteiger partial charge on any atom is -0.446 e. The first-order valence-electron chi connectivity index (χ1n) is 18.9. The fourth-order valence-electron chi connectivity index (χ4n) is 6.41. The van der Waals surface area contributed by atoms with Crippen molar-refractivity contribution < 1.29 is 28.7 Å². The third kappa shape index (κ3) is 13.2. The van der Waals surface area contributed by atoms with Crippen molar-refractivity contribution in [3.8, 4) is 11.1 Å². The molecule has 0 radical (unpaired) electrons. The fourth-order valence-corrected chi connectivity index (χ4v) is 6.41. The number of ether oxygens (including phenoxy) is 2. The second kappa shape index (κ2) is 21.7. The highest BCUT2D eigenvalue weighted by atomic mass is 16.6. The third-order valence-electron chi connectivity index (χ3n) is 10.0. The van der Waals surface area contributed by atoms with E-state index in [1.165, 1.54) is 12.0 Å². The van der Waals surface area contributed by atoms with Crippen LogP contribution in [0.3, 0.4) is 0 Å². The highest BCUT2D eigenvalue weighted by Crippen LogP contribution is 2.28. The van der Waals surface area contributed by atoms with E-state index in [9.17, 15) is 19.2 Å². The Morgan fingerprint density at radius 1 is 0.704 bits per heavy atom. The van der Waals surface area contributed by atoms with Crippen molar-refractivity contribution in [3.63, 3.8) is 0 Å². The van der Waals surface area contributed by atoms with Gasteiger partial charge in [0, 0.05) is 104 Å². The number of methoxy groups -OCH3 is 1. The van der Waals surface area contributed by atoms with Gasteiger partial charge in [-0.1, -0.05) is 55.0 Å². The highest BCUT2D eigenvalue weighted by Gasteiger charge is 2.23. The van der Waals surface area contributed by atoms with Crippen LogP contribution in [0.4, 0.5) is 21.9 Å². The van der Waals surface area contributed by atoms with Gasteiger partial charge in [-0.05, 0) is 61.6 Å². The summed E-state index contributed by atoms with van der Waals surface area (Å²) in [4.78, 5) is 59.6. The average Bonchev–Trinajstić information content (AvgIpc) is 3.19. The lowest BCUT2D eigenvalue weighted by Crippen LogP contribution is -2.42. The van der Waals surface area contributed by atoms with Crippen LogP contribution in [0, 0.1) is 0 Å². The maximum atomic E-state index is 12.8. The molecule has 1 saturated heterocycles. The summed E-state index contributed by atoms with van der Waals surface area (Å²) in [5.74, 6) is -0.0580. The van der Waals surface area contributed by atoms with E-state index in [2.05, 4.69) is 15.1 Å². The van der Waals surface area contributed by atoms with E-state index in [-0.39, 0.29) is 36.9 Å². The molecule has 12 heteroatoms. The molecule has 1 heterocycles. The third-order valence-corrected chi connectivity index (χ3v) is 10.0. The molecule has 4 rings (SSSR count). The summed E-state index contributed by atoms with van der Waals surface area (Å²) in [6.45, 7) is 4.31. The second-order valence-electron chi connectivity index (χ2n) is 14.0. The standard InChI is InChI=1S/C42H58N6O6/c1-44(34-19-21-35(22-20-34)47(4)40(50)25-27-45(2)41(51)32-53-5)26-13-7-10-18-39(49)46(3)30-31-48-28-23-36(24-29-48)54-42(52)43-38-17-12-11-16-37(38)33-14-8-6-9-15-33/h6,8-9,11-12,14-17,19-22,36H,7,10,13,18,23-32H2,1-5H3,(H,43,52). The molecule has 0 aromatic heterocycles. The molecule has 4 amide bonds. The highest BCUT2D eigenvalue weighted by molar-refractivity contribution is 5.93. The van der Waals surface area contributed by atoms with Gasteiger partial charge in [-0.3, -0.25) is 19.7 Å². The Bertz CT molecular complexity index is 1630. The predicted octanol–water partition coefficient (Wildman–Crippen LogP) is 5.98. The molecule has 1 N–H and O–H groups in total. The zero-order valence-electron chi connectivity index (χ0n) is 32.7. The molecule has 54 heavy (non-hydrogen) atoms. The lowest BCUT2D eigenvalue weighted by molar-refractivity contribution is -0.134. The number of amides is 4. The van der Waals surface area contributed by atoms with Crippen LogP contribution in [0.5, 0.6) is 0 Å². The molecule has 0 aliphatic carbocycles. The van der Waals surface area contributed by atoms with Gasteiger partial charge < -0.3 is 34.0 Å². The number of likely N-dealkylation sites (N-methyl/N-ethyl adjacent to an activating group) is 2. The minimum absolute atomic E-state index is 0.00161. The number of carbonyl (C=O) groups excluding carboxylic acids is 4. The number of likely N-dealkylation sites (tertiary alicyclic amines) is 1. The molecule has 1 aliphatic heterocycles. The summed E-state index contributed by atoms with van der Waals surface area (Å²) in [5.41, 5.74) is 4.56. The zero-order valence-corrected chi connectivity index (χ0v) is 32.7. The minimum atomic E-state index is -0.434. The number of hydrogen-bond acceptors (Lipinski definition) is 8. The lowest BCUT2D eigenvalue weighted by Gasteiger charge is -2.32. The molecule has 0 unspecified atom stereocenters. The maximum absolute atomic E-state index is 12.8. The van der Waals surface area contributed by atoms with Crippen LogP contribution >= 0.6 is 0 Å². The molecule has 292 valence electrons. The van der Waals surface area contributed by atoms with E-state index in [0.717, 1.165) is 86.5 Å². The van der Waals surface area contributed by atoms with Crippen LogP contribution < -0.4 is 15.1 Å². The van der Waals surface area contributed by atoms with Crippen LogP contribution in [-0.4, -0.2) is 126 Å². The normalized spacial score (nSPS) is 13.2. The number of carbonyl (C=O) groups is 4. The van der Waals surface area contributed by atoms with E-state index < -0.39 is 6.09 Å². The summed E-state index contributed by atoms with van der Waals surface area (Å²) in [6, 6.07) is 25.6. The fraction of sp³-hybridized carbons (Fsp3) is 0.476. The van der Waals surface area contributed by atoms with Crippen molar-refractivity contribution in [2.45, 2.75) is 51.0 Å². The van der Waals surface area contributed by atoms with Gasteiger partial charge in [0.1, 0.15) is 12.7 Å². The van der Waals surface area contributed by atoms with Gasteiger partial charge in [-0.2, -0.15) is 0 Å². The van der Waals surface area contributed by atoms with E-state index in [4.69, 9.17) is 9.47 Å². The van der Waals surface area contributed by atoms with Crippen LogP contribution in [0.25, 0.3) is 11.1 Å². The number of para-hydroxylation sites is 1. The van der Waals surface area contributed by atoms with Gasteiger partial charge in [0.15, 0.2) is 0 Å². The first kappa shape index (κ1) is 41.8.